The molecule has 1 heteroatoms. The lowest BCUT2D eigenvalue weighted by molar-refractivity contribution is -0.126. The van der Waals surface area contributed by atoms with Gasteiger partial charge in [0.05, 0.1) is 0 Å². The molecule has 2 unspecified atom stereocenters. The molecular weight excluding hydrogens is 388 g/mol. The van der Waals surface area contributed by atoms with Crippen LogP contribution in [0.5, 0.6) is 0 Å². The molecular formula is C31H56O. The van der Waals surface area contributed by atoms with E-state index >= 15 is 0 Å². The molecule has 0 radical (unpaired) electrons. The van der Waals surface area contributed by atoms with Crippen LogP contribution < -0.4 is 0 Å². The summed E-state index contributed by atoms with van der Waals surface area (Å²) in [4.78, 5) is 13.1. The predicted molar refractivity (Wildman–Crippen MR) is 141 cm³/mol. The van der Waals surface area contributed by atoms with Crippen molar-refractivity contribution in [3.8, 4) is 0 Å². The van der Waals surface area contributed by atoms with Crippen LogP contribution in [-0.4, -0.2) is 5.78 Å². The van der Waals surface area contributed by atoms with E-state index in [1.807, 2.05) is 0 Å². The zero-order valence-electron chi connectivity index (χ0n) is 22.8. The lowest BCUT2D eigenvalue weighted by Gasteiger charge is -2.38. The molecule has 0 aromatic heterocycles. The number of rotatable bonds is 15. The van der Waals surface area contributed by atoms with Crippen LogP contribution in [0, 0.1) is 22.7 Å². The van der Waals surface area contributed by atoms with Crippen molar-refractivity contribution in [3.05, 3.63) is 11.1 Å². The van der Waals surface area contributed by atoms with Gasteiger partial charge < -0.3 is 0 Å². The molecule has 0 fully saturated rings. The Hall–Kier alpha value is -0.590. The van der Waals surface area contributed by atoms with Gasteiger partial charge in [0.1, 0.15) is 5.78 Å². The molecule has 0 amide bonds. The second kappa shape index (κ2) is 13.3. The maximum Gasteiger partial charge on any atom is 0.136 e. The number of ketones is 1. The van der Waals surface area contributed by atoms with Gasteiger partial charge in [-0.15, -0.1) is 0 Å². The molecule has 32 heavy (non-hydrogen) atoms. The van der Waals surface area contributed by atoms with Gasteiger partial charge in [-0.3, -0.25) is 4.79 Å². The summed E-state index contributed by atoms with van der Waals surface area (Å²) in [5.41, 5.74) is 4.12. The molecule has 2 atom stereocenters. The van der Waals surface area contributed by atoms with Gasteiger partial charge >= 0.3 is 0 Å². The van der Waals surface area contributed by atoms with Crippen molar-refractivity contribution in [1.29, 1.82) is 0 Å². The van der Waals surface area contributed by atoms with Crippen molar-refractivity contribution in [1.82, 2.24) is 0 Å². The highest BCUT2D eigenvalue weighted by Gasteiger charge is 2.35. The molecule has 1 nitrogen and oxygen atoms in total. The molecule has 0 saturated carbocycles. The Labute approximate surface area is 201 Å². The highest BCUT2D eigenvalue weighted by molar-refractivity contribution is 5.81. The van der Waals surface area contributed by atoms with E-state index in [0.717, 1.165) is 18.8 Å². The normalized spacial score (nSPS) is 20.9. The van der Waals surface area contributed by atoms with Gasteiger partial charge in [0.15, 0.2) is 0 Å². The van der Waals surface area contributed by atoms with Crippen molar-refractivity contribution in [3.63, 3.8) is 0 Å². The number of hydrogen-bond acceptors (Lipinski definition) is 1. The molecule has 0 bridgehead atoms. The number of carbonyl (C=O) groups excluding carboxylic acids is 1. The Morgan fingerprint density at radius 1 is 0.875 bits per heavy atom. The zero-order chi connectivity index (χ0) is 23.6. The first-order valence-corrected chi connectivity index (χ1v) is 14.4. The number of carbonyl (C=O) groups is 1. The van der Waals surface area contributed by atoms with Gasteiger partial charge in [0.2, 0.25) is 0 Å². The molecule has 2 aliphatic carbocycles. The van der Waals surface area contributed by atoms with Crippen LogP contribution in [0.25, 0.3) is 0 Å². The zero-order valence-corrected chi connectivity index (χ0v) is 22.8. The van der Waals surface area contributed by atoms with E-state index in [4.69, 9.17) is 0 Å². The maximum atomic E-state index is 13.1. The summed E-state index contributed by atoms with van der Waals surface area (Å²) in [5.74, 6) is 1.50. The fourth-order valence-electron chi connectivity index (χ4n) is 6.40. The second-order valence-corrected chi connectivity index (χ2v) is 12.9. The Kier molecular flexibility index (Phi) is 11.5. The van der Waals surface area contributed by atoms with Gasteiger partial charge in [0, 0.05) is 12.3 Å². The fourth-order valence-corrected chi connectivity index (χ4v) is 6.40. The van der Waals surface area contributed by atoms with Crippen LogP contribution in [0.15, 0.2) is 11.1 Å². The highest BCUT2D eigenvalue weighted by Crippen LogP contribution is 2.44. The van der Waals surface area contributed by atoms with E-state index in [-0.39, 0.29) is 11.3 Å². The summed E-state index contributed by atoms with van der Waals surface area (Å²) in [6, 6.07) is 0. The van der Waals surface area contributed by atoms with Crippen LogP contribution >= 0.6 is 0 Å². The van der Waals surface area contributed by atoms with E-state index in [1.165, 1.54) is 103 Å². The third kappa shape index (κ3) is 9.34. The van der Waals surface area contributed by atoms with E-state index in [9.17, 15) is 4.79 Å². The standard InChI is InChI=1S/C31H56O/c1-7-8-9-10-11-14-21-30(3,4)22-15-18-29(32)25(2)31(5,6)24-26-19-20-27-16-12-13-17-28(27)23-26/h25-26H,7-24H2,1-6H3. The minimum atomic E-state index is 0.127. The molecule has 0 aromatic carbocycles. The predicted octanol–water partition coefficient (Wildman–Crippen LogP) is 10.2. The van der Waals surface area contributed by atoms with Crippen molar-refractivity contribution >= 4 is 5.78 Å². The van der Waals surface area contributed by atoms with Crippen molar-refractivity contribution in [2.75, 3.05) is 0 Å². The third-order valence-corrected chi connectivity index (χ3v) is 9.05. The average Bonchev–Trinajstić information content (AvgIpc) is 2.75. The summed E-state index contributed by atoms with van der Waals surface area (Å²) in [5, 5.41) is 0. The Morgan fingerprint density at radius 3 is 2.22 bits per heavy atom. The minimum Gasteiger partial charge on any atom is -0.299 e. The van der Waals surface area contributed by atoms with Crippen LogP contribution in [-0.2, 0) is 4.79 Å². The van der Waals surface area contributed by atoms with E-state index < -0.39 is 0 Å². The van der Waals surface area contributed by atoms with E-state index in [0.29, 0.717) is 11.2 Å². The molecule has 0 spiro atoms. The maximum absolute atomic E-state index is 13.1. The van der Waals surface area contributed by atoms with Gasteiger partial charge in [0.25, 0.3) is 0 Å². The Morgan fingerprint density at radius 2 is 1.50 bits per heavy atom. The lowest BCUT2D eigenvalue weighted by Crippen LogP contribution is -2.32. The van der Waals surface area contributed by atoms with Gasteiger partial charge in [-0.2, -0.15) is 0 Å². The van der Waals surface area contributed by atoms with Crippen molar-refractivity contribution < 1.29 is 4.79 Å². The smallest absolute Gasteiger partial charge is 0.136 e. The largest absolute Gasteiger partial charge is 0.299 e. The molecule has 0 N–H and O–H groups in total. The quantitative estimate of drug-likeness (QED) is 0.181. The Bertz CT molecular complexity index is 594. The molecule has 0 aromatic rings. The number of hydrogen-bond donors (Lipinski definition) is 0. The van der Waals surface area contributed by atoms with Gasteiger partial charge in [-0.05, 0) is 87.4 Å². The van der Waals surface area contributed by atoms with E-state index in [1.54, 1.807) is 11.1 Å². The molecule has 2 aliphatic rings. The fraction of sp³-hybridized carbons (Fsp3) is 0.903. The van der Waals surface area contributed by atoms with E-state index in [2.05, 4.69) is 41.5 Å². The lowest BCUT2D eigenvalue weighted by atomic mass is 9.67. The summed E-state index contributed by atoms with van der Waals surface area (Å²) in [6.45, 7) is 14.1. The van der Waals surface area contributed by atoms with Crippen LogP contribution in [0.3, 0.4) is 0 Å². The van der Waals surface area contributed by atoms with Gasteiger partial charge in [-0.1, -0.05) is 91.2 Å². The third-order valence-electron chi connectivity index (χ3n) is 9.05. The Balaban J connectivity index is 1.70. The van der Waals surface area contributed by atoms with Crippen molar-refractivity contribution in [2.24, 2.45) is 22.7 Å². The first-order valence-electron chi connectivity index (χ1n) is 14.4. The summed E-state index contributed by atoms with van der Waals surface area (Å²) in [6.07, 6.45) is 23.4. The molecule has 186 valence electrons. The SMILES string of the molecule is CCCCCCCCC(C)(C)CCCC(=O)C(C)C(C)(C)CC1CCC2=C(CCCC2)C1. The number of Topliss-reactive ketones (excluding diaryl/α,β-unsaturated/α-hetero) is 1. The highest BCUT2D eigenvalue weighted by atomic mass is 16.1. The first kappa shape index (κ1) is 27.7. The second-order valence-electron chi connectivity index (χ2n) is 12.9. The average molecular weight is 445 g/mol. The topological polar surface area (TPSA) is 17.1 Å². The monoisotopic (exact) mass is 444 g/mol. The van der Waals surface area contributed by atoms with Gasteiger partial charge in [-0.25, -0.2) is 0 Å². The number of unbranched alkanes of at least 4 members (excludes halogenated alkanes) is 5. The summed E-state index contributed by atoms with van der Waals surface area (Å²) in [7, 11) is 0. The molecule has 2 rings (SSSR count). The summed E-state index contributed by atoms with van der Waals surface area (Å²) < 4.78 is 0. The van der Waals surface area contributed by atoms with Crippen LogP contribution in [0.4, 0.5) is 0 Å². The van der Waals surface area contributed by atoms with Crippen LogP contribution in [0.1, 0.15) is 157 Å². The van der Waals surface area contributed by atoms with Crippen molar-refractivity contribution in [2.45, 2.75) is 157 Å². The molecule has 0 heterocycles. The molecule has 0 aliphatic heterocycles. The minimum absolute atomic E-state index is 0.127. The summed E-state index contributed by atoms with van der Waals surface area (Å²) >= 11 is 0. The molecule has 0 saturated heterocycles. The van der Waals surface area contributed by atoms with Crippen LogP contribution in [0.2, 0.25) is 0 Å². The first-order chi connectivity index (χ1) is 15.1. The number of allylic oxidation sites excluding steroid dienone is 2.